The molecule has 1 N–H and O–H groups in total. The number of nitrogens with one attached hydrogen (secondary N) is 1. The van der Waals surface area contributed by atoms with Gasteiger partial charge in [0, 0.05) is 11.8 Å². The number of carbonyl (C=O) groups excluding carboxylic acids is 4. The summed E-state index contributed by atoms with van der Waals surface area (Å²) < 4.78 is 10.6. The molecule has 0 aliphatic carbocycles. The fourth-order valence-electron chi connectivity index (χ4n) is 2.76. The first-order valence-electron chi connectivity index (χ1n) is 8.94. The lowest BCUT2D eigenvalue weighted by Gasteiger charge is -2.28. The van der Waals surface area contributed by atoms with Crippen molar-refractivity contribution in [2.45, 2.75) is 26.5 Å². The third-order valence-electron chi connectivity index (χ3n) is 4.19. The van der Waals surface area contributed by atoms with Crippen molar-refractivity contribution in [2.75, 3.05) is 18.1 Å². The van der Waals surface area contributed by atoms with Crippen LogP contribution in [0.1, 0.15) is 28.4 Å². The van der Waals surface area contributed by atoms with Gasteiger partial charge in [0.05, 0.1) is 17.1 Å². The molecule has 0 fully saturated rings. The summed E-state index contributed by atoms with van der Waals surface area (Å²) in [4.78, 5) is 50.5. The molecule has 3 rings (SSSR count). The second kappa shape index (κ2) is 8.87. The van der Waals surface area contributed by atoms with Crippen molar-refractivity contribution in [3.8, 4) is 5.75 Å². The Balaban J connectivity index is 1.60. The summed E-state index contributed by atoms with van der Waals surface area (Å²) >= 11 is 1.23. The summed E-state index contributed by atoms with van der Waals surface area (Å²) in [5, 5.41) is 2.66. The van der Waals surface area contributed by atoms with Crippen molar-refractivity contribution >= 4 is 40.6 Å². The molecular weight excluding hydrogens is 396 g/mol. The molecule has 1 unspecified atom stereocenters. The van der Waals surface area contributed by atoms with E-state index in [-0.39, 0.29) is 30.7 Å². The molecule has 0 saturated heterocycles. The van der Waals surface area contributed by atoms with E-state index in [0.717, 1.165) is 4.88 Å². The smallest absolute Gasteiger partial charge is 0.326 e. The fraction of sp³-hybridized carbons (Fsp3) is 0.300. The summed E-state index contributed by atoms with van der Waals surface area (Å²) in [6.45, 7) is 2.77. The molecule has 1 atom stereocenters. The molecular formula is C20H20N2O6S. The highest BCUT2D eigenvalue weighted by atomic mass is 32.1. The number of fused-ring (bicyclic) bond motifs is 1. The largest absolute Gasteiger partial charge is 0.482 e. The van der Waals surface area contributed by atoms with Gasteiger partial charge in [-0.3, -0.25) is 24.1 Å². The van der Waals surface area contributed by atoms with Crippen LogP contribution in [-0.2, 0) is 25.7 Å². The minimum absolute atomic E-state index is 0.159. The first-order chi connectivity index (χ1) is 13.8. The van der Waals surface area contributed by atoms with E-state index in [9.17, 15) is 19.2 Å². The van der Waals surface area contributed by atoms with Crippen LogP contribution in [0.3, 0.4) is 0 Å². The van der Waals surface area contributed by atoms with Crippen LogP contribution in [0, 0.1) is 0 Å². The number of anilines is 1. The molecule has 152 valence electrons. The average molecular weight is 416 g/mol. The summed E-state index contributed by atoms with van der Waals surface area (Å²) in [6.07, 6.45) is -0.999. The van der Waals surface area contributed by atoms with Crippen LogP contribution in [0.15, 0.2) is 36.4 Å². The summed E-state index contributed by atoms with van der Waals surface area (Å²) in [7, 11) is 0. The molecule has 0 radical (unpaired) electrons. The van der Waals surface area contributed by atoms with Gasteiger partial charge >= 0.3 is 5.97 Å². The van der Waals surface area contributed by atoms with E-state index >= 15 is 0 Å². The van der Waals surface area contributed by atoms with E-state index in [2.05, 4.69) is 5.32 Å². The lowest BCUT2D eigenvalue weighted by atomic mass is 10.2. The highest BCUT2D eigenvalue weighted by molar-refractivity contribution is 7.14. The minimum Gasteiger partial charge on any atom is -0.482 e. The second-order valence-corrected chi connectivity index (χ2v) is 7.58. The molecule has 2 aromatic rings. The van der Waals surface area contributed by atoms with Gasteiger partial charge in [-0.2, -0.15) is 0 Å². The molecule has 0 saturated carbocycles. The van der Waals surface area contributed by atoms with Crippen LogP contribution < -0.4 is 15.0 Å². The zero-order valence-electron chi connectivity index (χ0n) is 16.0. The predicted molar refractivity (Wildman–Crippen MR) is 106 cm³/mol. The van der Waals surface area contributed by atoms with Gasteiger partial charge < -0.3 is 14.8 Å². The Bertz CT molecular complexity index is 954. The van der Waals surface area contributed by atoms with Gasteiger partial charge in [-0.25, -0.2) is 0 Å². The maximum Gasteiger partial charge on any atom is 0.326 e. The maximum absolute atomic E-state index is 12.5. The van der Waals surface area contributed by atoms with Crippen LogP contribution in [0.25, 0.3) is 0 Å². The zero-order valence-corrected chi connectivity index (χ0v) is 16.8. The van der Waals surface area contributed by atoms with Crippen molar-refractivity contribution in [2.24, 2.45) is 0 Å². The van der Waals surface area contributed by atoms with Crippen molar-refractivity contribution in [3.05, 3.63) is 46.2 Å². The van der Waals surface area contributed by atoms with E-state index in [4.69, 9.17) is 9.47 Å². The lowest BCUT2D eigenvalue weighted by Crippen LogP contribution is -2.43. The van der Waals surface area contributed by atoms with Gasteiger partial charge in [0.2, 0.25) is 11.7 Å². The van der Waals surface area contributed by atoms with Gasteiger partial charge in [-0.05, 0) is 31.2 Å². The van der Waals surface area contributed by atoms with E-state index in [1.165, 1.54) is 30.1 Å². The Labute approximate surface area is 171 Å². The van der Waals surface area contributed by atoms with Gasteiger partial charge in [0.1, 0.15) is 12.3 Å². The molecule has 1 aromatic heterocycles. The quantitative estimate of drug-likeness (QED) is 0.547. The minimum atomic E-state index is -0.999. The number of esters is 1. The second-order valence-electron chi connectivity index (χ2n) is 6.41. The fourth-order valence-corrected chi connectivity index (χ4v) is 3.73. The van der Waals surface area contributed by atoms with E-state index in [0.29, 0.717) is 22.9 Å². The first-order valence-corrected chi connectivity index (χ1v) is 9.76. The number of nitrogens with zero attached hydrogens (tertiary/aromatic N) is 1. The summed E-state index contributed by atoms with van der Waals surface area (Å²) in [5.41, 5.74) is 0.487. The number of thiophene rings is 1. The predicted octanol–water partition coefficient (Wildman–Crippen LogP) is 1.92. The number of rotatable bonds is 7. The van der Waals surface area contributed by atoms with Crippen molar-refractivity contribution in [3.63, 3.8) is 0 Å². The van der Waals surface area contributed by atoms with Crippen molar-refractivity contribution in [1.82, 2.24) is 5.32 Å². The van der Waals surface area contributed by atoms with Crippen LogP contribution >= 0.6 is 11.3 Å². The van der Waals surface area contributed by atoms with Gasteiger partial charge in [-0.1, -0.05) is 12.1 Å². The molecule has 0 spiro atoms. The molecule has 2 amide bonds. The summed E-state index contributed by atoms with van der Waals surface area (Å²) in [6, 6.07) is 10.3. The molecule has 29 heavy (non-hydrogen) atoms. The zero-order chi connectivity index (χ0) is 21.0. The molecule has 1 aromatic carbocycles. The summed E-state index contributed by atoms with van der Waals surface area (Å²) in [5.74, 6) is -1.04. The van der Waals surface area contributed by atoms with Crippen molar-refractivity contribution in [1.29, 1.82) is 0 Å². The van der Waals surface area contributed by atoms with Gasteiger partial charge in [-0.15, -0.1) is 11.3 Å². The van der Waals surface area contributed by atoms with Gasteiger partial charge in [0.15, 0.2) is 12.7 Å². The maximum atomic E-state index is 12.5. The number of hydrogen-bond acceptors (Lipinski definition) is 7. The molecule has 2 heterocycles. The van der Waals surface area contributed by atoms with E-state index in [1.807, 2.05) is 0 Å². The van der Waals surface area contributed by atoms with E-state index < -0.39 is 12.1 Å². The number of para-hydroxylation sites is 2. The van der Waals surface area contributed by atoms with Crippen LogP contribution in [0.4, 0.5) is 5.69 Å². The Morgan fingerprint density at radius 1 is 1.24 bits per heavy atom. The number of ketones is 1. The molecule has 1 aliphatic rings. The standard InChI is InChI=1S/C20H20N2O6S/c1-12(20(26)17-8-7-14(29-17)9-21-13(2)23)28-19(25)10-22-15-5-3-4-6-16(15)27-11-18(22)24/h3-8,12H,9-11H2,1-2H3,(H,21,23). The number of benzene rings is 1. The molecule has 1 aliphatic heterocycles. The molecule has 9 heteroatoms. The first kappa shape index (κ1) is 20.5. The Kier molecular flexibility index (Phi) is 6.28. The van der Waals surface area contributed by atoms with Crippen LogP contribution in [0.5, 0.6) is 5.75 Å². The van der Waals surface area contributed by atoms with E-state index in [1.54, 1.807) is 36.4 Å². The lowest BCUT2D eigenvalue weighted by molar-refractivity contribution is -0.145. The number of carbonyl (C=O) groups is 4. The third kappa shape index (κ3) is 5.00. The number of hydrogen-bond donors (Lipinski definition) is 1. The number of Topliss-reactive ketones (excluding diaryl/α,β-unsaturated/α-hetero) is 1. The number of amides is 2. The normalized spacial score (nSPS) is 13.9. The van der Waals surface area contributed by atoms with Crippen LogP contribution in [0.2, 0.25) is 0 Å². The third-order valence-corrected chi connectivity index (χ3v) is 5.29. The topological polar surface area (TPSA) is 102 Å². The molecule has 8 nitrogen and oxygen atoms in total. The highest BCUT2D eigenvalue weighted by Gasteiger charge is 2.29. The Morgan fingerprint density at radius 2 is 2.00 bits per heavy atom. The Morgan fingerprint density at radius 3 is 2.76 bits per heavy atom. The van der Waals surface area contributed by atoms with Crippen molar-refractivity contribution < 1.29 is 28.7 Å². The average Bonchev–Trinajstić information content (AvgIpc) is 3.17. The number of ether oxygens (including phenoxy) is 2. The van der Waals surface area contributed by atoms with Gasteiger partial charge in [0.25, 0.3) is 5.91 Å². The molecule has 0 bridgehead atoms. The highest BCUT2D eigenvalue weighted by Crippen LogP contribution is 2.31. The van der Waals surface area contributed by atoms with Crippen LogP contribution in [-0.4, -0.2) is 42.8 Å². The monoisotopic (exact) mass is 416 g/mol. The Hall–Kier alpha value is -3.20. The SMILES string of the molecule is CC(=O)NCc1ccc(C(=O)C(C)OC(=O)CN2C(=O)COc3ccccc32)s1.